The summed E-state index contributed by atoms with van der Waals surface area (Å²) in [6.45, 7) is 4.16. The van der Waals surface area contributed by atoms with Gasteiger partial charge in [-0.05, 0) is 30.9 Å². The van der Waals surface area contributed by atoms with Gasteiger partial charge in [0.1, 0.15) is 0 Å². The molecule has 3 nitrogen and oxygen atoms in total. The molecule has 1 aromatic rings. The fourth-order valence-corrected chi connectivity index (χ4v) is 3.36. The van der Waals surface area contributed by atoms with Gasteiger partial charge in [-0.25, -0.2) is 0 Å². The minimum atomic E-state index is 0.146. The van der Waals surface area contributed by atoms with Crippen molar-refractivity contribution in [1.29, 1.82) is 0 Å². The number of likely N-dealkylation sites (tertiary alicyclic amines) is 1. The standard InChI is InChI=1S/C16H20N2O/c1-12-9-14-10-17-11-15(14)18(12)16(19)8-7-13-5-3-2-4-6-13/h2-8,12,14-15,17H,9-11H2,1H3/b8-7+. The lowest BCUT2D eigenvalue weighted by Gasteiger charge is -2.26. The van der Waals surface area contributed by atoms with Gasteiger partial charge >= 0.3 is 0 Å². The maximum Gasteiger partial charge on any atom is 0.247 e. The van der Waals surface area contributed by atoms with Gasteiger partial charge < -0.3 is 10.2 Å². The first-order valence-corrected chi connectivity index (χ1v) is 7.02. The molecule has 0 radical (unpaired) electrons. The lowest BCUT2D eigenvalue weighted by Crippen LogP contribution is -2.41. The highest BCUT2D eigenvalue weighted by molar-refractivity contribution is 5.92. The number of carbonyl (C=O) groups is 1. The average molecular weight is 256 g/mol. The van der Waals surface area contributed by atoms with Crippen molar-refractivity contribution in [2.75, 3.05) is 13.1 Å². The number of fused-ring (bicyclic) bond motifs is 1. The summed E-state index contributed by atoms with van der Waals surface area (Å²) in [6.07, 6.45) is 4.75. The Morgan fingerprint density at radius 1 is 1.32 bits per heavy atom. The third-order valence-electron chi connectivity index (χ3n) is 4.25. The molecule has 3 heteroatoms. The van der Waals surface area contributed by atoms with Crippen molar-refractivity contribution in [2.45, 2.75) is 25.4 Å². The molecule has 2 heterocycles. The Bertz CT molecular complexity index is 483. The lowest BCUT2D eigenvalue weighted by atomic mass is 10.0. The second kappa shape index (κ2) is 5.17. The summed E-state index contributed by atoms with van der Waals surface area (Å²) in [6, 6.07) is 10.7. The summed E-state index contributed by atoms with van der Waals surface area (Å²) in [7, 11) is 0. The SMILES string of the molecule is CC1CC2CNCC2N1C(=O)/C=C/c1ccccc1. The largest absolute Gasteiger partial charge is 0.332 e. The zero-order valence-corrected chi connectivity index (χ0v) is 11.3. The fourth-order valence-electron chi connectivity index (χ4n) is 3.36. The second-order valence-electron chi connectivity index (χ2n) is 5.56. The normalized spacial score (nSPS) is 29.9. The Labute approximate surface area is 114 Å². The van der Waals surface area contributed by atoms with Crippen LogP contribution in [0.2, 0.25) is 0 Å². The van der Waals surface area contributed by atoms with Gasteiger partial charge in [0.05, 0.1) is 0 Å². The van der Waals surface area contributed by atoms with Crippen LogP contribution in [0.1, 0.15) is 18.9 Å². The van der Waals surface area contributed by atoms with Crippen LogP contribution in [0.4, 0.5) is 0 Å². The van der Waals surface area contributed by atoms with Crippen LogP contribution in [0.3, 0.4) is 0 Å². The number of amides is 1. The minimum Gasteiger partial charge on any atom is -0.332 e. The smallest absolute Gasteiger partial charge is 0.247 e. The molecule has 1 aromatic carbocycles. The van der Waals surface area contributed by atoms with Gasteiger partial charge in [-0.2, -0.15) is 0 Å². The molecule has 0 aromatic heterocycles. The maximum absolute atomic E-state index is 12.4. The van der Waals surface area contributed by atoms with E-state index in [0.717, 1.165) is 25.1 Å². The molecule has 3 atom stereocenters. The van der Waals surface area contributed by atoms with E-state index in [1.54, 1.807) is 6.08 Å². The van der Waals surface area contributed by atoms with Crippen LogP contribution in [0.25, 0.3) is 6.08 Å². The quantitative estimate of drug-likeness (QED) is 0.820. The van der Waals surface area contributed by atoms with Crippen molar-refractivity contribution >= 4 is 12.0 Å². The maximum atomic E-state index is 12.4. The monoisotopic (exact) mass is 256 g/mol. The number of nitrogens with one attached hydrogen (secondary N) is 1. The van der Waals surface area contributed by atoms with E-state index < -0.39 is 0 Å². The summed E-state index contributed by atoms with van der Waals surface area (Å²) >= 11 is 0. The lowest BCUT2D eigenvalue weighted by molar-refractivity contribution is -0.128. The number of nitrogens with zero attached hydrogens (tertiary/aromatic N) is 1. The molecule has 19 heavy (non-hydrogen) atoms. The first-order valence-electron chi connectivity index (χ1n) is 7.02. The van der Waals surface area contributed by atoms with E-state index in [2.05, 4.69) is 17.1 Å². The predicted molar refractivity (Wildman–Crippen MR) is 76.5 cm³/mol. The van der Waals surface area contributed by atoms with E-state index in [9.17, 15) is 4.79 Å². The Balaban J connectivity index is 1.72. The van der Waals surface area contributed by atoms with Gasteiger partial charge in [-0.1, -0.05) is 30.3 Å². The van der Waals surface area contributed by atoms with Crippen molar-refractivity contribution in [3.63, 3.8) is 0 Å². The molecule has 2 aliphatic rings. The molecule has 2 fully saturated rings. The second-order valence-corrected chi connectivity index (χ2v) is 5.56. The Kier molecular flexibility index (Phi) is 3.38. The third kappa shape index (κ3) is 2.43. The van der Waals surface area contributed by atoms with Gasteiger partial charge in [0.15, 0.2) is 0 Å². The van der Waals surface area contributed by atoms with Gasteiger partial charge in [-0.15, -0.1) is 0 Å². The summed E-state index contributed by atoms with van der Waals surface area (Å²) < 4.78 is 0. The van der Waals surface area contributed by atoms with Crippen LogP contribution in [-0.4, -0.2) is 36.0 Å². The summed E-state index contributed by atoms with van der Waals surface area (Å²) in [5.41, 5.74) is 1.07. The highest BCUT2D eigenvalue weighted by Gasteiger charge is 2.43. The molecule has 0 saturated carbocycles. The number of rotatable bonds is 2. The molecular formula is C16H20N2O. The van der Waals surface area contributed by atoms with E-state index >= 15 is 0 Å². The summed E-state index contributed by atoms with van der Waals surface area (Å²) in [5, 5.41) is 3.39. The first kappa shape index (κ1) is 12.4. The number of hydrogen-bond donors (Lipinski definition) is 1. The average Bonchev–Trinajstić information content (AvgIpc) is 2.97. The summed E-state index contributed by atoms with van der Waals surface area (Å²) in [4.78, 5) is 14.4. The van der Waals surface area contributed by atoms with E-state index in [-0.39, 0.29) is 5.91 Å². The fraction of sp³-hybridized carbons (Fsp3) is 0.438. The van der Waals surface area contributed by atoms with Crippen LogP contribution in [0.15, 0.2) is 36.4 Å². The van der Waals surface area contributed by atoms with E-state index in [1.807, 2.05) is 36.4 Å². The molecule has 2 saturated heterocycles. The highest BCUT2D eigenvalue weighted by Crippen LogP contribution is 2.32. The molecule has 0 spiro atoms. The van der Waals surface area contributed by atoms with Gasteiger partial charge in [0.25, 0.3) is 0 Å². The van der Waals surface area contributed by atoms with Gasteiger partial charge in [-0.3, -0.25) is 4.79 Å². The molecule has 0 bridgehead atoms. The minimum absolute atomic E-state index is 0.146. The third-order valence-corrected chi connectivity index (χ3v) is 4.25. The molecule has 3 unspecified atom stereocenters. The highest BCUT2D eigenvalue weighted by atomic mass is 16.2. The van der Waals surface area contributed by atoms with Crippen LogP contribution in [-0.2, 0) is 4.79 Å². The molecule has 1 N–H and O–H groups in total. The van der Waals surface area contributed by atoms with E-state index in [4.69, 9.17) is 0 Å². The molecule has 100 valence electrons. The number of benzene rings is 1. The van der Waals surface area contributed by atoms with Gasteiger partial charge in [0.2, 0.25) is 5.91 Å². The molecular weight excluding hydrogens is 236 g/mol. The Hall–Kier alpha value is -1.61. The Morgan fingerprint density at radius 2 is 2.11 bits per heavy atom. The molecule has 0 aliphatic carbocycles. The number of hydrogen-bond acceptors (Lipinski definition) is 2. The molecule has 2 aliphatic heterocycles. The predicted octanol–water partition coefficient (Wildman–Crippen LogP) is 1.91. The van der Waals surface area contributed by atoms with Crippen LogP contribution in [0, 0.1) is 5.92 Å². The summed E-state index contributed by atoms with van der Waals surface area (Å²) in [5.74, 6) is 0.789. The van der Waals surface area contributed by atoms with E-state index in [0.29, 0.717) is 18.0 Å². The van der Waals surface area contributed by atoms with Crippen molar-refractivity contribution < 1.29 is 4.79 Å². The van der Waals surface area contributed by atoms with Crippen molar-refractivity contribution in [3.05, 3.63) is 42.0 Å². The van der Waals surface area contributed by atoms with Crippen molar-refractivity contribution in [2.24, 2.45) is 5.92 Å². The zero-order valence-electron chi connectivity index (χ0n) is 11.3. The van der Waals surface area contributed by atoms with Crippen LogP contribution < -0.4 is 5.32 Å². The van der Waals surface area contributed by atoms with Gasteiger partial charge in [0, 0.05) is 31.2 Å². The topological polar surface area (TPSA) is 32.3 Å². The van der Waals surface area contributed by atoms with Crippen molar-refractivity contribution in [3.8, 4) is 0 Å². The van der Waals surface area contributed by atoms with Crippen LogP contribution >= 0.6 is 0 Å². The zero-order chi connectivity index (χ0) is 13.2. The molecule has 3 rings (SSSR count). The van der Waals surface area contributed by atoms with Crippen LogP contribution in [0.5, 0.6) is 0 Å². The Morgan fingerprint density at radius 3 is 2.89 bits per heavy atom. The first-order chi connectivity index (χ1) is 9.25. The number of carbonyl (C=O) groups excluding carboxylic acids is 1. The molecule has 1 amide bonds. The van der Waals surface area contributed by atoms with E-state index in [1.165, 1.54) is 0 Å². The van der Waals surface area contributed by atoms with Crippen molar-refractivity contribution in [1.82, 2.24) is 10.2 Å².